The maximum atomic E-state index is 11.7. The zero-order valence-electron chi connectivity index (χ0n) is 10.6. The zero-order chi connectivity index (χ0) is 13.8. The second-order valence-electron chi connectivity index (χ2n) is 5.23. The van der Waals surface area contributed by atoms with Crippen molar-refractivity contribution < 1.29 is 19.4 Å². The SMILES string of the molecule is CC1(C)Oc2ccc3c(=O)ccoc3c2[C@@H](O)[C@H]1O. The van der Waals surface area contributed by atoms with Gasteiger partial charge in [0.05, 0.1) is 17.2 Å². The van der Waals surface area contributed by atoms with E-state index in [0.717, 1.165) is 0 Å². The fraction of sp³-hybridized carbons (Fsp3) is 0.357. The van der Waals surface area contributed by atoms with Crippen molar-refractivity contribution in [2.75, 3.05) is 0 Å². The van der Waals surface area contributed by atoms with E-state index in [4.69, 9.17) is 9.15 Å². The van der Waals surface area contributed by atoms with E-state index in [9.17, 15) is 15.0 Å². The molecular formula is C14H14O5. The van der Waals surface area contributed by atoms with Crippen LogP contribution in [0.3, 0.4) is 0 Å². The third-order valence-electron chi connectivity index (χ3n) is 3.51. The molecule has 0 spiro atoms. The molecule has 2 aromatic rings. The van der Waals surface area contributed by atoms with Crippen LogP contribution in [-0.4, -0.2) is 21.9 Å². The number of aliphatic hydroxyl groups excluding tert-OH is 2. The summed E-state index contributed by atoms with van der Waals surface area (Å²) in [7, 11) is 0. The molecule has 0 bridgehead atoms. The van der Waals surface area contributed by atoms with Gasteiger partial charge in [-0.05, 0) is 26.0 Å². The highest BCUT2D eigenvalue weighted by molar-refractivity contribution is 5.82. The van der Waals surface area contributed by atoms with E-state index in [1.807, 2.05) is 0 Å². The summed E-state index contributed by atoms with van der Waals surface area (Å²) in [5.74, 6) is 0.421. The van der Waals surface area contributed by atoms with E-state index in [2.05, 4.69) is 0 Å². The molecule has 100 valence electrons. The number of ether oxygens (including phenoxy) is 1. The van der Waals surface area contributed by atoms with Crippen LogP contribution in [0.4, 0.5) is 0 Å². The van der Waals surface area contributed by atoms with Gasteiger partial charge in [0, 0.05) is 6.07 Å². The third kappa shape index (κ3) is 1.66. The van der Waals surface area contributed by atoms with Crippen LogP contribution in [0.1, 0.15) is 25.5 Å². The van der Waals surface area contributed by atoms with E-state index in [1.165, 1.54) is 12.3 Å². The average Bonchev–Trinajstić information content (AvgIpc) is 2.35. The van der Waals surface area contributed by atoms with Gasteiger partial charge in [-0.1, -0.05) is 0 Å². The molecule has 0 saturated carbocycles. The minimum absolute atomic E-state index is 0.199. The predicted octanol–water partition coefficient (Wildman–Crippen LogP) is 1.36. The van der Waals surface area contributed by atoms with Crippen LogP contribution < -0.4 is 10.2 Å². The van der Waals surface area contributed by atoms with Crippen molar-refractivity contribution in [1.82, 2.24) is 0 Å². The maximum absolute atomic E-state index is 11.7. The van der Waals surface area contributed by atoms with E-state index < -0.39 is 17.8 Å². The quantitative estimate of drug-likeness (QED) is 0.749. The molecule has 0 aliphatic carbocycles. The Kier molecular flexibility index (Phi) is 2.45. The molecule has 19 heavy (non-hydrogen) atoms. The lowest BCUT2D eigenvalue weighted by Gasteiger charge is -2.39. The first-order valence-electron chi connectivity index (χ1n) is 6.01. The summed E-state index contributed by atoms with van der Waals surface area (Å²) in [5.41, 5.74) is -0.528. The van der Waals surface area contributed by atoms with Gasteiger partial charge in [0.1, 0.15) is 29.1 Å². The smallest absolute Gasteiger partial charge is 0.192 e. The van der Waals surface area contributed by atoms with Gasteiger partial charge in [0.2, 0.25) is 0 Å². The minimum Gasteiger partial charge on any atom is -0.485 e. The molecule has 5 nitrogen and oxygen atoms in total. The summed E-state index contributed by atoms with van der Waals surface area (Å²) in [6.45, 7) is 3.38. The highest BCUT2D eigenvalue weighted by Gasteiger charge is 2.43. The molecule has 2 heterocycles. The Hall–Kier alpha value is -1.85. The van der Waals surface area contributed by atoms with E-state index in [1.54, 1.807) is 26.0 Å². The zero-order valence-corrected chi connectivity index (χ0v) is 10.6. The minimum atomic E-state index is -1.16. The molecule has 1 aliphatic heterocycles. The normalized spacial score (nSPS) is 24.8. The Balaban J connectivity index is 2.35. The van der Waals surface area contributed by atoms with E-state index in [-0.39, 0.29) is 11.0 Å². The van der Waals surface area contributed by atoms with Crippen LogP contribution in [0.2, 0.25) is 0 Å². The van der Waals surface area contributed by atoms with E-state index in [0.29, 0.717) is 16.7 Å². The van der Waals surface area contributed by atoms with Crippen LogP contribution >= 0.6 is 0 Å². The standard InChI is InChI=1S/C14H14O5/c1-14(2)13(17)11(16)10-9(19-14)4-3-7-8(15)5-6-18-12(7)10/h3-6,11,13,16-17H,1-2H3/t11-,13-/m1/s1. The van der Waals surface area contributed by atoms with Crippen molar-refractivity contribution in [1.29, 1.82) is 0 Å². The Bertz CT molecular complexity index is 701. The van der Waals surface area contributed by atoms with Crippen molar-refractivity contribution in [2.24, 2.45) is 0 Å². The fourth-order valence-electron chi connectivity index (χ4n) is 2.41. The van der Waals surface area contributed by atoms with Crippen LogP contribution in [0.25, 0.3) is 11.0 Å². The van der Waals surface area contributed by atoms with Gasteiger partial charge in [-0.25, -0.2) is 0 Å². The second-order valence-corrected chi connectivity index (χ2v) is 5.23. The van der Waals surface area contributed by atoms with Crippen molar-refractivity contribution in [2.45, 2.75) is 31.7 Å². The molecule has 1 aliphatic rings. The number of rotatable bonds is 0. The van der Waals surface area contributed by atoms with Crippen LogP contribution in [0.15, 0.2) is 33.7 Å². The number of fused-ring (bicyclic) bond motifs is 3. The predicted molar refractivity (Wildman–Crippen MR) is 68.2 cm³/mol. The molecule has 2 atom stereocenters. The van der Waals surface area contributed by atoms with Crippen molar-refractivity contribution in [3.8, 4) is 5.75 Å². The van der Waals surface area contributed by atoms with Gasteiger partial charge in [0.25, 0.3) is 0 Å². The number of aliphatic hydroxyl groups is 2. The Morgan fingerprint density at radius 1 is 1.21 bits per heavy atom. The first-order valence-corrected chi connectivity index (χ1v) is 6.01. The molecule has 0 amide bonds. The monoisotopic (exact) mass is 262 g/mol. The van der Waals surface area contributed by atoms with E-state index >= 15 is 0 Å². The number of benzene rings is 1. The van der Waals surface area contributed by atoms with Gasteiger partial charge < -0.3 is 19.4 Å². The summed E-state index contributed by atoms with van der Waals surface area (Å²) in [5, 5.41) is 20.7. The first kappa shape index (κ1) is 12.2. The lowest BCUT2D eigenvalue weighted by molar-refractivity contribution is -0.111. The highest BCUT2D eigenvalue weighted by atomic mass is 16.5. The first-order chi connectivity index (χ1) is 8.92. The third-order valence-corrected chi connectivity index (χ3v) is 3.51. The Morgan fingerprint density at radius 3 is 2.68 bits per heavy atom. The van der Waals surface area contributed by atoms with Crippen molar-refractivity contribution in [3.63, 3.8) is 0 Å². The topological polar surface area (TPSA) is 79.9 Å². The molecule has 1 aromatic carbocycles. The van der Waals surface area contributed by atoms with Crippen molar-refractivity contribution >= 4 is 11.0 Å². The van der Waals surface area contributed by atoms with Gasteiger partial charge in [-0.2, -0.15) is 0 Å². The molecule has 3 rings (SSSR count). The lowest BCUT2D eigenvalue weighted by atomic mass is 9.87. The molecular weight excluding hydrogens is 248 g/mol. The summed E-state index contributed by atoms with van der Waals surface area (Å²) < 4.78 is 11.0. The van der Waals surface area contributed by atoms with Gasteiger partial charge in [-0.3, -0.25) is 4.79 Å². The summed E-state index contributed by atoms with van der Waals surface area (Å²) >= 11 is 0. The number of hydrogen-bond donors (Lipinski definition) is 2. The second kappa shape index (κ2) is 3.82. The highest BCUT2D eigenvalue weighted by Crippen LogP contribution is 2.42. The molecule has 2 N–H and O–H groups in total. The van der Waals surface area contributed by atoms with Gasteiger partial charge in [-0.15, -0.1) is 0 Å². The largest absolute Gasteiger partial charge is 0.485 e. The van der Waals surface area contributed by atoms with Crippen LogP contribution in [0.5, 0.6) is 5.75 Å². The van der Waals surface area contributed by atoms with Crippen LogP contribution in [-0.2, 0) is 0 Å². The van der Waals surface area contributed by atoms with Gasteiger partial charge >= 0.3 is 0 Å². The molecule has 1 aromatic heterocycles. The maximum Gasteiger partial charge on any atom is 0.192 e. The van der Waals surface area contributed by atoms with Gasteiger partial charge in [0.15, 0.2) is 5.43 Å². The molecule has 0 radical (unpaired) electrons. The number of hydrogen-bond acceptors (Lipinski definition) is 5. The Labute approximate surface area is 109 Å². The summed E-state index contributed by atoms with van der Waals surface area (Å²) in [6.07, 6.45) is -0.992. The molecule has 0 unspecified atom stereocenters. The molecule has 5 heteroatoms. The fourth-order valence-corrected chi connectivity index (χ4v) is 2.41. The molecule has 0 saturated heterocycles. The Morgan fingerprint density at radius 2 is 1.95 bits per heavy atom. The molecule has 0 fully saturated rings. The average molecular weight is 262 g/mol. The van der Waals surface area contributed by atoms with Crippen LogP contribution in [0, 0.1) is 0 Å². The summed E-state index contributed by atoms with van der Waals surface area (Å²) in [6, 6.07) is 4.52. The lowest BCUT2D eigenvalue weighted by Crippen LogP contribution is -2.48. The van der Waals surface area contributed by atoms with Crippen molar-refractivity contribution in [3.05, 3.63) is 40.2 Å². The summed E-state index contributed by atoms with van der Waals surface area (Å²) in [4.78, 5) is 11.7.